The Morgan fingerprint density at radius 1 is 0.754 bits per heavy atom. The summed E-state index contributed by atoms with van der Waals surface area (Å²) in [5.41, 5.74) is -5.83. The lowest BCUT2D eigenvalue weighted by molar-refractivity contribution is -0.344. The van der Waals surface area contributed by atoms with E-state index in [1.807, 2.05) is 13.8 Å². The molecule has 4 saturated carbocycles. The molecule has 0 spiro atoms. The number of hydrogen-bond acceptors (Lipinski definition) is 18. The number of methoxy groups -OCH3 is 1. The van der Waals surface area contributed by atoms with Crippen LogP contribution in [0.2, 0.25) is 0 Å². The Morgan fingerprint density at radius 2 is 1.34 bits per heavy atom. The van der Waals surface area contributed by atoms with Crippen LogP contribution in [0.5, 0.6) is 0 Å². The molecular formula is C43H68O18. The molecule has 22 atom stereocenters. The van der Waals surface area contributed by atoms with Crippen molar-refractivity contribution in [3.8, 4) is 0 Å². The van der Waals surface area contributed by atoms with E-state index in [1.165, 1.54) is 7.11 Å². The molecule has 2 saturated heterocycles. The lowest BCUT2D eigenvalue weighted by Gasteiger charge is -2.72. The van der Waals surface area contributed by atoms with Crippen LogP contribution >= 0.6 is 0 Å². The topological polar surface area (TPSA) is 303 Å². The molecule has 7 aliphatic rings. The summed E-state index contributed by atoms with van der Waals surface area (Å²) in [4.78, 5) is 28.9. The first kappa shape index (κ1) is 47.1. The molecule has 6 fully saturated rings. The van der Waals surface area contributed by atoms with Gasteiger partial charge in [0.1, 0.15) is 60.4 Å². The van der Waals surface area contributed by atoms with Gasteiger partial charge in [0.25, 0.3) is 0 Å². The second-order valence-corrected chi connectivity index (χ2v) is 20.4. The van der Waals surface area contributed by atoms with Crippen LogP contribution in [0.15, 0.2) is 11.6 Å². The van der Waals surface area contributed by atoms with Crippen LogP contribution in [-0.4, -0.2) is 174 Å². The van der Waals surface area contributed by atoms with Crippen molar-refractivity contribution >= 4 is 11.9 Å². The monoisotopic (exact) mass is 872 g/mol. The van der Waals surface area contributed by atoms with Crippen molar-refractivity contribution in [2.75, 3.05) is 26.9 Å². The number of aliphatic hydroxyl groups is 11. The van der Waals surface area contributed by atoms with Crippen molar-refractivity contribution in [3.05, 3.63) is 11.6 Å². The first-order chi connectivity index (χ1) is 28.5. The quantitative estimate of drug-likeness (QED) is 0.0742. The predicted molar refractivity (Wildman–Crippen MR) is 208 cm³/mol. The molecule has 0 aromatic carbocycles. The third kappa shape index (κ3) is 6.55. The number of allylic oxidation sites excluding steroid dienone is 1. The lowest BCUT2D eigenvalue weighted by atomic mass is 9.32. The number of carbonyl (C=O) groups is 2. The summed E-state index contributed by atoms with van der Waals surface area (Å²) in [6.07, 6.45) is -14.5. The molecule has 18 heteroatoms. The smallest absolute Gasteiger partial charge is 0.317 e. The number of ether oxygens (including phenoxy) is 5. The van der Waals surface area contributed by atoms with Gasteiger partial charge in [0.2, 0.25) is 6.29 Å². The summed E-state index contributed by atoms with van der Waals surface area (Å²) in [5, 5.41) is 119. The lowest BCUT2D eigenvalue weighted by Crippen LogP contribution is -2.72. The van der Waals surface area contributed by atoms with Crippen molar-refractivity contribution < 1.29 is 89.4 Å². The van der Waals surface area contributed by atoms with Gasteiger partial charge in [-0.1, -0.05) is 39.3 Å². The van der Waals surface area contributed by atoms with Crippen molar-refractivity contribution in [1.29, 1.82) is 0 Å². The minimum absolute atomic E-state index is 0.0749. The number of fused-ring (bicyclic) bond motifs is 7. The van der Waals surface area contributed by atoms with Crippen molar-refractivity contribution in [2.24, 2.45) is 50.7 Å². The fourth-order valence-electron chi connectivity index (χ4n) is 14.1. The summed E-state index contributed by atoms with van der Waals surface area (Å²) in [7, 11) is 1.17. The minimum atomic E-state index is -1.90. The van der Waals surface area contributed by atoms with E-state index in [9.17, 15) is 65.8 Å². The van der Waals surface area contributed by atoms with Gasteiger partial charge in [0, 0.05) is 5.92 Å². The number of rotatable bonds is 8. The molecule has 2 heterocycles. The number of aliphatic hydroxyl groups excluding tert-OH is 10. The third-order valence-electron chi connectivity index (χ3n) is 17.9. The molecule has 61 heavy (non-hydrogen) atoms. The highest BCUT2D eigenvalue weighted by molar-refractivity contribution is 5.80. The Hall–Kier alpha value is -1.88. The molecule has 2 aliphatic heterocycles. The van der Waals surface area contributed by atoms with Crippen molar-refractivity contribution in [1.82, 2.24) is 0 Å². The van der Waals surface area contributed by atoms with Gasteiger partial charge in [-0.25, -0.2) is 0 Å². The Balaban J connectivity index is 1.26. The van der Waals surface area contributed by atoms with E-state index in [-0.39, 0.29) is 24.7 Å². The number of carbonyl (C=O) groups excluding carboxylic acids is 2. The standard InChI is InChI=1S/C43H68O18/c1-19-9-12-42(36(54)61-35-31(53)29(51)27(49)23(17-45)59-35)14-13-39(3)20(32(42)41(19,5)56)7-8-24-38(2)15-21(47)33(60-34-30(52)28(50)26(48)22(16-44)58-34)43(18-46,37(55)57-6)25(38)10-11-40(24,39)4/h7,19,21-35,44-53,56H,8-18H2,1-6H3/t19-,21-,22-,23-,24-,25-,26-,27-,28+,29+,30-,31-,32-,33+,34+,35+,38-,39-,40-,41-,42+,43+/m1/s1. The molecule has 7 rings (SSSR count). The molecule has 0 aromatic rings. The third-order valence-corrected chi connectivity index (χ3v) is 17.9. The molecular weight excluding hydrogens is 804 g/mol. The van der Waals surface area contributed by atoms with E-state index in [0.29, 0.717) is 38.5 Å². The predicted octanol–water partition coefficient (Wildman–Crippen LogP) is -1.62. The number of hydrogen-bond donors (Lipinski definition) is 11. The average molecular weight is 873 g/mol. The molecule has 11 N–H and O–H groups in total. The SMILES string of the molecule is COC(=O)[C@@]1(CO)[C@@H]2CC[C@]3(C)[C@H](CC=C4[C@H]5[C@](C(=O)O[C@@H]6O[C@H](CO)[C@@H](O)[C@H](O)[C@H]6O)(CC[C@@H](C)[C@@]5(C)O)CC[C@]43C)[C@@]2(C)C[C@@H](O)[C@@H]1O[C@@H]1O[C@H](CO)[C@@H](O)[C@H](O)[C@H]1O. The minimum Gasteiger partial charge on any atom is -0.468 e. The molecule has 18 nitrogen and oxygen atoms in total. The molecule has 0 bridgehead atoms. The average Bonchev–Trinajstić information content (AvgIpc) is 3.22. The Labute approximate surface area is 355 Å². The van der Waals surface area contributed by atoms with E-state index < -0.39 is 150 Å². The normalized spacial score (nSPS) is 54.5. The van der Waals surface area contributed by atoms with Crippen LogP contribution in [0, 0.1) is 50.7 Å². The van der Waals surface area contributed by atoms with Crippen LogP contribution in [0.1, 0.15) is 86.0 Å². The van der Waals surface area contributed by atoms with Crippen molar-refractivity contribution in [2.45, 2.75) is 165 Å². The van der Waals surface area contributed by atoms with E-state index in [4.69, 9.17) is 23.7 Å². The van der Waals surface area contributed by atoms with Gasteiger partial charge in [0.15, 0.2) is 6.29 Å². The van der Waals surface area contributed by atoms with Crippen LogP contribution in [0.25, 0.3) is 0 Å². The molecule has 0 unspecified atom stereocenters. The molecule has 5 aliphatic carbocycles. The summed E-state index contributed by atoms with van der Waals surface area (Å²) in [6, 6.07) is 0. The van der Waals surface area contributed by atoms with Gasteiger partial charge in [-0.05, 0) is 92.3 Å². The van der Waals surface area contributed by atoms with Crippen LogP contribution in [0.3, 0.4) is 0 Å². The molecule has 0 aromatic heterocycles. The van der Waals surface area contributed by atoms with Crippen LogP contribution in [-0.2, 0) is 33.3 Å². The van der Waals surface area contributed by atoms with Gasteiger partial charge < -0.3 is 79.9 Å². The largest absolute Gasteiger partial charge is 0.468 e. The maximum Gasteiger partial charge on any atom is 0.317 e. The van der Waals surface area contributed by atoms with Gasteiger partial charge in [0.05, 0.1) is 44.1 Å². The fraction of sp³-hybridized carbons (Fsp3) is 0.907. The highest BCUT2D eigenvalue weighted by atomic mass is 16.7. The van der Waals surface area contributed by atoms with Gasteiger partial charge in [-0.15, -0.1) is 0 Å². The second-order valence-electron chi connectivity index (χ2n) is 20.4. The highest BCUT2D eigenvalue weighted by Gasteiger charge is 2.75. The van der Waals surface area contributed by atoms with Gasteiger partial charge in [-0.3, -0.25) is 9.59 Å². The van der Waals surface area contributed by atoms with E-state index >= 15 is 0 Å². The van der Waals surface area contributed by atoms with Crippen LogP contribution < -0.4 is 0 Å². The summed E-state index contributed by atoms with van der Waals surface area (Å²) < 4.78 is 28.7. The summed E-state index contributed by atoms with van der Waals surface area (Å²) >= 11 is 0. The summed E-state index contributed by atoms with van der Waals surface area (Å²) in [6.45, 7) is 7.73. The fourth-order valence-corrected chi connectivity index (χ4v) is 14.1. The molecule has 0 amide bonds. The number of esters is 2. The maximum atomic E-state index is 14.7. The highest BCUT2D eigenvalue weighted by Crippen LogP contribution is 2.76. The van der Waals surface area contributed by atoms with E-state index in [1.54, 1.807) is 6.92 Å². The van der Waals surface area contributed by atoms with Crippen LogP contribution in [0.4, 0.5) is 0 Å². The molecule has 348 valence electrons. The first-order valence-electron chi connectivity index (χ1n) is 21.8. The van der Waals surface area contributed by atoms with Gasteiger partial charge in [-0.2, -0.15) is 0 Å². The zero-order valence-corrected chi connectivity index (χ0v) is 35.9. The second kappa shape index (κ2) is 16.2. The van der Waals surface area contributed by atoms with Gasteiger partial charge >= 0.3 is 11.9 Å². The Morgan fingerprint density at radius 3 is 1.92 bits per heavy atom. The maximum absolute atomic E-state index is 14.7. The summed E-state index contributed by atoms with van der Waals surface area (Å²) in [5.74, 6) is -3.50. The first-order valence-corrected chi connectivity index (χ1v) is 21.8. The Bertz CT molecular complexity index is 1690. The molecule has 0 radical (unpaired) electrons. The van der Waals surface area contributed by atoms with E-state index in [2.05, 4.69) is 19.9 Å². The Kier molecular flexibility index (Phi) is 12.5. The van der Waals surface area contributed by atoms with E-state index in [0.717, 1.165) is 5.57 Å². The zero-order valence-electron chi connectivity index (χ0n) is 35.9. The van der Waals surface area contributed by atoms with Crippen molar-refractivity contribution in [3.63, 3.8) is 0 Å². The zero-order chi connectivity index (χ0) is 45.0.